The van der Waals surface area contributed by atoms with E-state index in [9.17, 15) is 0 Å². The molecule has 0 aliphatic heterocycles. The number of anilines is 1. The van der Waals surface area contributed by atoms with Crippen LogP contribution in [0.4, 0.5) is 5.95 Å². The molecule has 0 amide bonds. The molecule has 4 heterocycles. The minimum atomic E-state index is 0.379. The van der Waals surface area contributed by atoms with Gasteiger partial charge in [0.25, 0.3) is 0 Å². The molecule has 0 fully saturated rings. The second-order valence-corrected chi connectivity index (χ2v) is 15.9. The highest BCUT2D eigenvalue weighted by atomic mass is 16.3. The van der Waals surface area contributed by atoms with E-state index in [-0.39, 0.29) is 0 Å². The molecule has 0 atom stereocenters. The molecule has 0 unspecified atom stereocenters. The van der Waals surface area contributed by atoms with E-state index in [1.54, 1.807) is 6.08 Å². The quantitative estimate of drug-likeness (QED) is 0.119. The average Bonchev–Trinajstić information content (AvgIpc) is 3.88. The molecule has 0 bridgehead atoms. The first kappa shape index (κ1) is 39.1. The molecule has 9 heteroatoms. The van der Waals surface area contributed by atoms with Crippen LogP contribution in [0.5, 0.6) is 0 Å². The van der Waals surface area contributed by atoms with Gasteiger partial charge in [0.15, 0.2) is 23.3 Å². The lowest BCUT2D eigenvalue weighted by molar-refractivity contribution is 0.669. The summed E-state index contributed by atoms with van der Waals surface area (Å²) in [6.07, 6.45) is 5.49. The smallest absolute Gasteiger partial charge is 0.238 e. The fourth-order valence-corrected chi connectivity index (χ4v) is 8.36. The van der Waals surface area contributed by atoms with Crippen molar-refractivity contribution >= 4 is 49.7 Å². The zero-order valence-electron chi connectivity index (χ0n) is 35.5. The maximum atomic E-state index is 6.46. The van der Waals surface area contributed by atoms with Crippen LogP contribution in [-0.2, 0) is 6.54 Å². The number of nitrogens with zero attached hydrogens (tertiary/aromatic N) is 8. The third kappa shape index (κ3) is 7.40. The molecule has 0 N–H and O–H groups in total. The number of fused-ring (bicyclic) bond motifs is 6. The average molecular weight is 841 g/mol. The molecule has 0 radical (unpaired) electrons. The van der Waals surface area contributed by atoms with E-state index >= 15 is 0 Å². The SMILES string of the molecule is C=CC=CC(=C)N(Cc1cccc(-c2nc(-c3ccccc3)nc(-n3c4ccccc4c4cc5c(cc43)oc3ccc(C)cc35)n2)c1)c1nc(-c2ccccc2)nc(-c2ccccc2)n1. The summed E-state index contributed by atoms with van der Waals surface area (Å²) in [7, 11) is 0. The zero-order valence-corrected chi connectivity index (χ0v) is 35.5. The Morgan fingerprint density at radius 2 is 1.12 bits per heavy atom. The van der Waals surface area contributed by atoms with Crippen molar-refractivity contribution in [2.75, 3.05) is 4.90 Å². The van der Waals surface area contributed by atoms with E-state index < -0.39 is 0 Å². The molecule has 310 valence electrons. The Morgan fingerprint density at radius 1 is 0.538 bits per heavy atom. The Balaban J connectivity index is 1.06. The summed E-state index contributed by atoms with van der Waals surface area (Å²) in [4.78, 5) is 32.6. The zero-order chi connectivity index (χ0) is 43.9. The summed E-state index contributed by atoms with van der Waals surface area (Å²) >= 11 is 0. The predicted molar refractivity (Wildman–Crippen MR) is 262 cm³/mol. The van der Waals surface area contributed by atoms with E-state index in [1.807, 2.05) is 132 Å². The molecular weight excluding hydrogens is 801 g/mol. The molecule has 7 aromatic carbocycles. The highest BCUT2D eigenvalue weighted by Gasteiger charge is 2.22. The second kappa shape index (κ2) is 16.5. The van der Waals surface area contributed by atoms with Gasteiger partial charge in [-0.1, -0.05) is 164 Å². The number of hydrogen-bond donors (Lipinski definition) is 0. The Morgan fingerprint density at radius 3 is 1.78 bits per heavy atom. The maximum absolute atomic E-state index is 6.46. The monoisotopic (exact) mass is 840 g/mol. The van der Waals surface area contributed by atoms with Crippen molar-refractivity contribution in [2.45, 2.75) is 13.5 Å². The van der Waals surface area contributed by atoms with Crippen LogP contribution >= 0.6 is 0 Å². The molecule has 0 saturated heterocycles. The minimum absolute atomic E-state index is 0.379. The number of aryl methyl sites for hydroxylation is 1. The van der Waals surface area contributed by atoms with Gasteiger partial charge < -0.3 is 9.32 Å². The third-order valence-corrected chi connectivity index (χ3v) is 11.5. The Labute approximate surface area is 375 Å². The standard InChI is InChI=1S/C56H40N8O/c1-4-5-18-37(3)63(55-59-51(39-20-9-6-10-21-39)57-52(60-55)40-22-11-7-12-23-40)35-38-19-17-26-42(32-38)54-58-53(41-24-13-8-14-25-41)61-56(62-54)64-47-28-16-15-27-43(47)44-33-46-45-31-36(2)29-30-49(45)65-50(46)34-48(44)64/h4-34H,1,3,35H2,2H3. The summed E-state index contributed by atoms with van der Waals surface area (Å²) in [5, 5.41) is 4.33. The first-order chi connectivity index (χ1) is 32.0. The van der Waals surface area contributed by atoms with Gasteiger partial charge in [0.05, 0.1) is 17.6 Å². The van der Waals surface area contributed by atoms with E-state index in [4.69, 9.17) is 34.3 Å². The van der Waals surface area contributed by atoms with Crippen LogP contribution in [0.3, 0.4) is 0 Å². The molecular formula is C56H40N8O. The molecule has 4 aromatic heterocycles. The number of aromatic nitrogens is 7. The molecule has 0 spiro atoms. The highest BCUT2D eigenvalue weighted by molar-refractivity contribution is 6.17. The topological polar surface area (TPSA) is 98.7 Å². The van der Waals surface area contributed by atoms with Gasteiger partial charge in [-0.2, -0.15) is 19.9 Å². The van der Waals surface area contributed by atoms with Crippen molar-refractivity contribution in [3.05, 3.63) is 218 Å². The van der Waals surface area contributed by atoms with Gasteiger partial charge in [-0.25, -0.2) is 9.97 Å². The fraction of sp³-hybridized carbons (Fsp3) is 0.0357. The number of furan rings is 1. The van der Waals surface area contributed by atoms with Crippen LogP contribution in [0.2, 0.25) is 0 Å². The summed E-state index contributed by atoms with van der Waals surface area (Å²) in [6.45, 7) is 10.9. The Hall–Kier alpha value is -8.82. The van der Waals surface area contributed by atoms with Crippen molar-refractivity contribution in [1.29, 1.82) is 0 Å². The highest BCUT2D eigenvalue weighted by Crippen LogP contribution is 2.39. The molecule has 9 nitrogen and oxygen atoms in total. The van der Waals surface area contributed by atoms with Crippen molar-refractivity contribution in [3.8, 4) is 51.5 Å². The van der Waals surface area contributed by atoms with E-state index in [1.165, 1.54) is 5.56 Å². The van der Waals surface area contributed by atoms with Crippen molar-refractivity contribution in [3.63, 3.8) is 0 Å². The van der Waals surface area contributed by atoms with E-state index in [0.29, 0.717) is 47.4 Å². The molecule has 0 aliphatic carbocycles. The van der Waals surface area contributed by atoms with Crippen molar-refractivity contribution < 1.29 is 4.42 Å². The maximum Gasteiger partial charge on any atom is 0.238 e. The van der Waals surface area contributed by atoms with Gasteiger partial charge in [-0.15, -0.1) is 0 Å². The molecule has 0 saturated carbocycles. The lowest BCUT2D eigenvalue weighted by Crippen LogP contribution is -2.23. The van der Waals surface area contributed by atoms with Crippen LogP contribution < -0.4 is 4.90 Å². The normalized spacial score (nSPS) is 11.6. The van der Waals surface area contributed by atoms with Crippen LogP contribution in [-0.4, -0.2) is 34.5 Å². The second-order valence-electron chi connectivity index (χ2n) is 15.9. The minimum Gasteiger partial charge on any atom is -0.456 e. The van der Waals surface area contributed by atoms with Gasteiger partial charge >= 0.3 is 0 Å². The van der Waals surface area contributed by atoms with E-state index in [2.05, 4.69) is 79.2 Å². The van der Waals surface area contributed by atoms with Crippen LogP contribution in [0, 0.1) is 6.92 Å². The van der Waals surface area contributed by atoms with Crippen LogP contribution in [0.1, 0.15) is 11.1 Å². The molecule has 11 aromatic rings. The van der Waals surface area contributed by atoms with Gasteiger partial charge in [-0.3, -0.25) is 4.57 Å². The van der Waals surface area contributed by atoms with Gasteiger partial charge in [-0.05, 0) is 48.9 Å². The van der Waals surface area contributed by atoms with Crippen LogP contribution in [0.25, 0.3) is 95.2 Å². The van der Waals surface area contributed by atoms with E-state index in [0.717, 1.165) is 71.6 Å². The molecule has 65 heavy (non-hydrogen) atoms. The number of hydrogen-bond acceptors (Lipinski definition) is 8. The van der Waals surface area contributed by atoms with Gasteiger partial charge in [0.2, 0.25) is 11.9 Å². The predicted octanol–water partition coefficient (Wildman–Crippen LogP) is 13.3. The Bertz CT molecular complexity index is 3570. The fourth-order valence-electron chi connectivity index (χ4n) is 8.36. The number of allylic oxidation sites excluding steroid dienone is 3. The molecule has 0 aliphatic rings. The molecule has 11 rings (SSSR count). The number of benzene rings is 7. The summed E-state index contributed by atoms with van der Waals surface area (Å²) < 4.78 is 8.59. The van der Waals surface area contributed by atoms with Gasteiger partial charge in [0, 0.05) is 55.6 Å². The van der Waals surface area contributed by atoms with Gasteiger partial charge in [0.1, 0.15) is 11.2 Å². The first-order valence-electron chi connectivity index (χ1n) is 21.4. The number of rotatable bonds is 11. The van der Waals surface area contributed by atoms with Crippen molar-refractivity contribution in [2.24, 2.45) is 0 Å². The van der Waals surface area contributed by atoms with Crippen LogP contribution in [0.15, 0.2) is 211 Å². The van der Waals surface area contributed by atoms with Crippen molar-refractivity contribution in [1.82, 2.24) is 34.5 Å². The first-order valence-corrected chi connectivity index (χ1v) is 21.4. The lowest BCUT2D eigenvalue weighted by atomic mass is 10.1. The Kier molecular flexibility index (Phi) is 9.89. The summed E-state index contributed by atoms with van der Waals surface area (Å²) in [5.41, 5.74) is 9.82. The summed E-state index contributed by atoms with van der Waals surface area (Å²) in [6, 6.07) is 57.2. The lowest BCUT2D eigenvalue weighted by Gasteiger charge is -2.24. The largest absolute Gasteiger partial charge is 0.456 e. The summed E-state index contributed by atoms with van der Waals surface area (Å²) in [5.74, 6) is 3.14. The number of para-hydroxylation sites is 1. The third-order valence-electron chi connectivity index (χ3n) is 11.5.